The van der Waals surface area contributed by atoms with Gasteiger partial charge in [0.2, 0.25) is 0 Å². The zero-order valence-corrected chi connectivity index (χ0v) is 13.8. The molecule has 1 aromatic carbocycles. The van der Waals surface area contributed by atoms with Crippen molar-refractivity contribution in [3.63, 3.8) is 0 Å². The van der Waals surface area contributed by atoms with E-state index in [9.17, 15) is 9.50 Å². The molecule has 0 fully saturated rings. The zero-order valence-electron chi connectivity index (χ0n) is 13.8. The number of amidine groups is 1. The standard InChI is InChI=1S/C18H17FN4O2/c1-18(2)16(24)15(13-8-12(19)5-6-14(13)25-18)23-17(22-10-20)11-4-3-7-21-9-11/h3-9,15-16,24H,1-2H3,(H,22,23). The van der Waals surface area contributed by atoms with Gasteiger partial charge in [0.05, 0.1) is 0 Å². The van der Waals surface area contributed by atoms with Gasteiger partial charge in [-0.15, -0.1) is 0 Å². The van der Waals surface area contributed by atoms with Crippen molar-refractivity contribution >= 4 is 5.84 Å². The second-order valence-electron chi connectivity index (χ2n) is 6.23. The molecule has 2 atom stereocenters. The minimum atomic E-state index is -1.03. The maximum atomic E-state index is 13.7. The van der Waals surface area contributed by atoms with E-state index in [2.05, 4.69) is 15.3 Å². The first-order valence-corrected chi connectivity index (χ1v) is 7.72. The van der Waals surface area contributed by atoms with Crippen molar-refractivity contribution in [2.75, 3.05) is 0 Å². The molecule has 25 heavy (non-hydrogen) atoms. The average Bonchev–Trinajstić information content (AvgIpc) is 2.59. The number of pyridine rings is 1. The Hall–Kier alpha value is -2.98. The van der Waals surface area contributed by atoms with Crippen LogP contribution in [0.3, 0.4) is 0 Å². The molecule has 1 aromatic heterocycles. The fourth-order valence-corrected chi connectivity index (χ4v) is 2.75. The Balaban J connectivity index is 2.13. The first kappa shape index (κ1) is 16.9. The van der Waals surface area contributed by atoms with Gasteiger partial charge in [-0.3, -0.25) is 15.3 Å². The molecular formula is C18H17FN4O2. The normalized spacial score (nSPS) is 21.6. The molecular weight excluding hydrogens is 323 g/mol. The quantitative estimate of drug-likeness (QED) is 0.379. The topological polar surface area (TPSA) is 90.5 Å². The largest absolute Gasteiger partial charge is 0.485 e. The lowest BCUT2D eigenvalue weighted by Crippen LogP contribution is -2.48. The molecule has 2 aromatic rings. The monoisotopic (exact) mass is 340 g/mol. The molecule has 6 nitrogen and oxygen atoms in total. The molecule has 0 saturated carbocycles. The van der Waals surface area contributed by atoms with Gasteiger partial charge in [0.25, 0.3) is 0 Å². The van der Waals surface area contributed by atoms with Crippen molar-refractivity contribution < 1.29 is 14.2 Å². The summed E-state index contributed by atoms with van der Waals surface area (Å²) in [6.45, 7) is 3.46. The number of aliphatic hydroxyl groups excluding tert-OH is 1. The van der Waals surface area contributed by atoms with Crippen molar-refractivity contribution in [3.8, 4) is 11.9 Å². The third-order valence-corrected chi connectivity index (χ3v) is 4.05. The smallest absolute Gasteiger partial charge is 0.182 e. The Bertz CT molecular complexity index is 846. The molecule has 0 bridgehead atoms. The van der Waals surface area contributed by atoms with Gasteiger partial charge < -0.3 is 9.84 Å². The Labute approximate surface area is 144 Å². The first-order chi connectivity index (χ1) is 11.9. The lowest BCUT2D eigenvalue weighted by molar-refractivity contribution is -0.0568. The highest BCUT2D eigenvalue weighted by atomic mass is 19.1. The number of nitrogens with one attached hydrogen (secondary N) is 1. The number of aliphatic hydroxyl groups is 1. The predicted molar refractivity (Wildman–Crippen MR) is 89.4 cm³/mol. The van der Waals surface area contributed by atoms with Crippen LogP contribution in [0.4, 0.5) is 4.39 Å². The molecule has 0 radical (unpaired) electrons. The Morgan fingerprint density at radius 2 is 2.24 bits per heavy atom. The fraction of sp³-hybridized carbons (Fsp3) is 0.278. The van der Waals surface area contributed by atoms with Crippen LogP contribution in [0.1, 0.15) is 31.0 Å². The summed E-state index contributed by atoms with van der Waals surface area (Å²) < 4.78 is 19.5. The zero-order chi connectivity index (χ0) is 18.0. The van der Waals surface area contributed by atoms with Crippen LogP contribution in [0.5, 0.6) is 5.75 Å². The minimum Gasteiger partial charge on any atom is -0.485 e. The third kappa shape index (κ3) is 3.30. The van der Waals surface area contributed by atoms with E-state index in [0.29, 0.717) is 16.9 Å². The molecule has 0 aliphatic carbocycles. The molecule has 1 aliphatic heterocycles. The van der Waals surface area contributed by atoms with Crippen LogP contribution in [-0.2, 0) is 0 Å². The molecule has 2 heterocycles. The molecule has 2 unspecified atom stereocenters. The number of nitriles is 1. The van der Waals surface area contributed by atoms with Crippen LogP contribution in [0.2, 0.25) is 0 Å². The van der Waals surface area contributed by atoms with Gasteiger partial charge in [0.1, 0.15) is 35.1 Å². The van der Waals surface area contributed by atoms with Crippen LogP contribution in [0, 0.1) is 17.3 Å². The van der Waals surface area contributed by atoms with Crippen LogP contribution < -0.4 is 10.1 Å². The van der Waals surface area contributed by atoms with E-state index < -0.39 is 23.6 Å². The van der Waals surface area contributed by atoms with Gasteiger partial charge in [0, 0.05) is 23.5 Å². The molecule has 128 valence electrons. The number of hydrogen-bond donors (Lipinski definition) is 2. The number of benzene rings is 1. The number of rotatable bonds is 2. The van der Waals surface area contributed by atoms with Crippen LogP contribution in [0.15, 0.2) is 47.7 Å². The van der Waals surface area contributed by atoms with Crippen LogP contribution in [-0.4, -0.2) is 27.6 Å². The Morgan fingerprint density at radius 3 is 2.92 bits per heavy atom. The highest BCUT2D eigenvalue weighted by Crippen LogP contribution is 2.42. The summed E-state index contributed by atoms with van der Waals surface area (Å²) in [6, 6.07) is 6.74. The second kappa shape index (κ2) is 6.49. The number of ether oxygens (including phenoxy) is 1. The Kier molecular flexibility index (Phi) is 4.38. The van der Waals surface area contributed by atoms with Crippen LogP contribution in [0.25, 0.3) is 0 Å². The van der Waals surface area contributed by atoms with Gasteiger partial charge in [-0.25, -0.2) is 4.39 Å². The van der Waals surface area contributed by atoms with Gasteiger partial charge in [0.15, 0.2) is 6.19 Å². The van der Waals surface area contributed by atoms with Crippen molar-refractivity contribution in [1.29, 1.82) is 5.26 Å². The minimum absolute atomic E-state index is 0.243. The lowest BCUT2D eigenvalue weighted by Gasteiger charge is -2.40. The molecule has 7 heteroatoms. The number of aliphatic imine (C=N–C) groups is 1. The highest BCUT2D eigenvalue weighted by molar-refractivity contribution is 5.99. The maximum absolute atomic E-state index is 13.7. The summed E-state index contributed by atoms with van der Waals surface area (Å²) >= 11 is 0. The molecule has 0 saturated heterocycles. The first-order valence-electron chi connectivity index (χ1n) is 7.72. The van der Waals surface area contributed by atoms with E-state index in [4.69, 9.17) is 10.00 Å². The molecule has 0 spiro atoms. The molecule has 3 rings (SSSR count). The molecule has 2 N–H and O–H groups in total. The molecule has 0 amide bonds. The van der Waals surface area contributed by atoms with Gasteiger partial charge in [-0.2, -0.15) is 5.26 Å². The van der Waals surface area contributed by atoms with Gasteiger partial charge in [-0.05, 0) is 44.2 Å². The second-order valence-corrected chi connectivity index (χ2v) is 6.23. The SMILES string of the molecule is CC1(C)Oc2ccc(F)cc2C(N=C(NC#N)c2cccnc2)C1O. The third-order valence-electron chi connectivity index (χ3n) is 4.05. The van der Waals surface area contributed by atoms with Gasteiger partial charge >= 0.3 is 0 Å². The summed E-state index contributed by atoms with van der Waals surface area (Å²) in [7, 11) is 0. The van der Waals surface area contributed by atoms with Crippen molar-refractivity contribution in [2.45, 2.75) is 31.6 Å². The van der Waals surface area contributed by atoms with E-state index in [-0.39, 0.29) is 5.84 Å². The number of nitrogens with zero attached hydrogens (tertiary/aromatic N) is 3. The number of halogens is 1. The summed E-state index contributed by atoms with van der Waals surface area (Å²) in [4.78, 5) is 8.51. The van der Waals surface area contributed by atoms with E-state index >= 15 is 0 Å². The van der Waals surface area contributed by atoms with E-state index in [1.54, 1.807) is 38.4 Å². The maximum Gasteiger partial charge on any atom is 0.182 e. The number of hydrogen-bond acceptors (Lipinski definition) is 5. The summed E-state index contributed by atoms with van der Waals surface area (Å²) in [5.74, 6) is 0.242. The van der Waals surface area contributed by atoms with Crippen molar-refractivity contribution in [1.82, 2.24) is 10.3 Å². The lowest BCUT2D eigenvalue weighted by atomic mass is 9.87. The van der Waals surface area contributed by atoms with E-state index in [0.717, 1.165) is 0 Å². The number of fused-ring (bicyclic) bond motifs is 1. The van der Waals surface area contributed by atoms with Gasteiger partial charge in [-0.1, -0.05) is 0 Å². The molecule has 1 aliphatic rings. The van der Waals surface area contributed by atoms with Crippen molar-refractivity contribution in [3.05, 3.63) is 59.7 Å². The average molecular weight is 340 g/mol. The Morgan fingerprint density at radius 1 is 1.44 bits per heavy atom. The van der Waals surface area contributed by atoms with Crippen molar-refractivity contribution in [2.24, 2.45) is 4.99 Å². The predicted octanol–water partition coefficient (Wildman–Crippen LogP) is 2.31. The highest BCUT2D eigenvalue weighted by Gasteiger charge is 2.43. The summed E-state index contributed by atoms with van der Waals surface area (Å²) in [6.07, 6.45) is 3.95. The fourth-order valence-electron chi connectivity index (χ4n) is 2.75. The summed E-state index contributed by atoms with van der Waals surface area (Å²) in [5, 5.41) is 22.3. The summed E-state index contributed by atoms with van der Waals surface area (Å²) in [5.41, 5.74) is 0.0811. The van der Waals surface area contributed by atoms with E-state index in [1.165, 1.54) is 18.2 Å². The van der Waals surface area contributed by atoms with Crippen LogP contribution >= 0.6 is 0 Å². The van der Waals surface area contributed by atoms with E-state index in [1.807, 2.05) is 6.19 Å². The number of aromatic nitrogens is 1.